The first-order valence-corrected chi connectivity index (χ1v) is 7.61. The predicted octanol–water partition coefficient (Wildman–Crippen LogP) is 3.27. The van der Waals surface area contributed by atoms with Crippen LogP contribution in [-0.2, 0) is 6.54 Å². The monoisotopic (exact) mass is 310 g/mol. The number of nitrogens with one attached hydrogen (secondary N) is 1. The van der Waals surface area contributed by atoms with E-state index in [1.807, 2.05) is 0 Å². The summed E-state index contributed by atoms with van der Waals surface area (Å²) < 4.78 is 1.20. The molecular weight excluding hydrogens is 288 g/mol. The van der Waals surface area contributed by atoms with Gasteiger partial charge in [-0.3, -0.25) is 0 Å². The van der Waals surface area contributed by atoms with E-state index in [1.165, 1.54) is 36.0 Å². The lowest BCUT2D eigenvalue weighted by molar-refractivity contribution is 0.189. The number of piperidine rings is 1. The van der Waals surface area contributed by atoms with Crippen molar-refractivity contribution in [2.24, 2.45) is 5.92 Å². The molecule has 0 amide bonds. The molecule has 1 unspecified atom stereocenters. The van der Waals surface area contributed by atoms with Crippen LogP contribution in [-0.4, -0.2) is 31.1 Å². The largest absolute Gasteiger partial charge is 0.310 e. The Labute approximate surface area is 119 Å². The van der Waals surface area contributed by atoms with Crippen molar-refractivity contribution >= 4 is 15.9 Å². The zero-order valence-corrected chi connectivity index (χ0v) is 12.9. The summed E-state index contributed by atoms with van der Waals surface area (Å²) in [5, 5.41) is 3.68. The van der Waals surface area contributed by atoms with Crippen LogP contribution in [0.4, 0.5) is 0 Å². The van der Waals surface area contributed by atoms with E-state index in [-0.39, 0.29) is 0 Å². The van der Waals surface area contributed by atoms with E-state index in [0.29, 0.717) is 6.04 Å². The lowest BCUT2D eigenvalue weighted by atomic mass is 9.90. The fourth-order valence-corrected chi connectivity index (χ4v) is 3.03. The number of nitrogens with zero attached hydrogens (tertiary/aromatic N) is 1. The minimum absolute atomic E-state index is 0.603. The molecule has 1 N–H and O–H groups in total. The van der Waals surface area contributed by atoms with Gasteiger partial charge in [0, 0.05) is 17.1 Å². The third-order valence-electron chi connectivity index (χ3n) is 4.04. The van der Waals surface area contributed by atoms with E-state index < -0.39 is 0 Å². The lowest BCUT2D eigenvalue weighted by Gasteiger charge is -2.33. The van der Waals surface area contributed by atoms with Crippen LogP contribution in [0.3, 0.4) is 0 Å². The summed E-state index contributed by atoms with van der Waals surface area (Å²) >= 11 is 3.60. The fourth-order valence-electron chi connectivity index (χ4n) is 2.61. The topological polar surface area (TPSA) is 15.3 Å². The van der Waals surface area contributed by atoms with Crippen molar-refractivity contribution in [1.29, 1.82) is 0 Å². The van der Waals surface area contributed by atoms with Crippen LogP contribution in [0.1, 0.15) is 25.3 Å². The first-order valence-electron chi connectivity index (χ1n) is 6.82. The maximum atomic E-state index is 3.68. The van der Waals surface area contributed by atoms with E-state index in [9.17, 15) is 0 Å². The Morgan fingerprint density at radius 2 is 2.00 bits per heavy atom. The van der Waals surface area contributed by atoms with Crippen molar-refractivity contribution in [1.82, 2.24) is 10.2 Å². The van der Waals surface area contributed by atoms with E-state index in [2.05, 4.69) is 64.4 Å². The highest BCUT2D eigenvalue weighted by Crippen LogP contribution is 2.21. The Bertz CT molecular complexity index is 373. The zero-order valence-electron chi connectivity index (χ0n) is 11.3. The second-order valence-electron chi connectivity index (χ2n) is 5.40. The number of hydrogen-bond donors (Lipinski definition) is 1. The summed E-state index contributed by atoms with van der Waals surface area (Å²) in [5.74, 6) is 0.823. The fraction of sp³-hybridized carbons (Fsp3) is 0.600. The molecule has 0 spiro atoms. The summed E-state index contributed by atoms with van der Waals surface area (Å²) in [7, 11) is 2.22. The van der Waals surface area contributed by atoms with Crippen molar-refractivity contribution in [2.45, 2.75) is 32.4 Å². The molecule has 18 heavy (non-hydrogen) atoms. The highest BCUT2D eigenvalue weighted by Gasteiger charge is 2.21. The summed E-state index contributed by atoms with van der Waals surface area (Å²) in [5.41, 5.74) is 1.34. The molecule has 1 aromatic carbocycles. The predicted molar refractivity (Wildman–Crippen MR) is 80.7 cm³/mol. The molecule has 1 aliphatic rings. The van der Waals surface area contributed by atoms with Gasteiger partial charge in [-0.05, 0) is 57.5 Å². The molecule has 1 aliphatic heterocycles. The molecule has 1 saturated heterocycles. The molecule has 100 valence electrons. The summed E-state index contributed by atoms with van der Waals surface area (Å²) in [6.45, 7) is 5.76. The highest BCUT2D eigenvalue weighted by molar-refractivity contribution is 9.10. The molecule has 0 bridgehead atoms. The van der Waals surface area contributed by atoms with Crippen LogP contribution in [0.25, 0.3) is 0 Å². The molecule has 2 nitrogen and oxygen atoms in total. The van der Waals surface area contributed by atoms with Gasteiger partial charge in [-0.25, -0.2) is 0 Å². The van der Waals surface area contributed by atoms with Crippen LogP contribution < -0.4 is 5.32 Å². The first kappa shape index (κ1) is 14.0. The number of likely N-dealkylation sites (tertiary alicyclic amines) is 1. The molecule has 0 aromatic heterocycles. The Morgan fingerprint density at radius 3 is 2.67 bits per heavy atom. The van der Waals surface area contributed by atoms with Crippen LogP contribution in [0.15, 0.2) is 28.7 Å². The molecular formula is C15H23BrN2. The number of rotatable bonds is 4. The van der Waals surface area contributed by atoms with E-state index in [1.54, 1.807) is 0 Å². The Balaban J connectivity index is 1.81. The van der Waals surface area contributed by atoms with Gasteiger partial charge < -0.3 is 10.2 Å². The van der Waals surface area contributed by atoms with Crippen molar-refractivity contribution in [3.63, 3.8) is 0 Å². The van der Waals surface area contributed by atoms with Gasteiger partial charge >= 0.3 is 0 Å². The summed E-state index contributed by atoms with van der Waals surface area (Å²) in [6.07, 6.45) is 2.64. The maximum Gasteiger partial charge on any atom is 0.0220 e. The summed E-state index contributed by atoms with van der Waals surface area (Å²) in [4.78, 5) is 2.43. The van der Waals surface area contributed by atoms with Gasteiger partial charge in [0.15, 0.2) is 0 Å². The van der Waals surface area contributed by atoms with Crippen LogP contribution in [0.5, 0.6) is 0 Å². The van der Waals surface area contributed by atoms with Crippen LogP contribution in [0, 0.1) is 5.92 Å². The van der Waals surface area contributed by atoms with Crippen LogP contribution >= 0.6 is 15.9 Å². The minimum atomic E-state index is 0.603. The van der Waals surface area contributed by atoms with Crippen molar-refractivity contribution in [3.8, 4) is 0 Å². The zero-order chi connectivity index (χ0) is 13.0. The van der Waals surface area contributed by atoms with Crippen molar-refractivity contribution < 1.29 is 0 Å². The highest BCUT2D eigenvalue weighted by atomic mass is 79.9. The molecule has 0 saturated carbocycles. The van der Waals surface area contributed by atoms with Gasteiger partial charge in [0.05, 0.1) is 0 Å². The SMILES string of the molecule is CC(NCc1ccccc1Br)C1CCN(C)CC1. The first-order chi connectivity index (χ1) is 8.66. The second kappa shape index (κ2) is 6.69. The molecule has 1 heterocycles. The Morgan fingerprint density at radius 1 is 1.33 bits per heavy atom. The van der Waals surface area contributed by atoms with Gasteiger partial charge in [0.25, 0.3) is 0 Å². The minimum Gasteiger partial charge on any atom is -0.310 e. The number of hydrogen-bond acceptors (Lipinski definition) is 2. The number of halogens is 1. The number of benzene rings is 1. The lowest BCUT2D eigenvalue weighted by Crippen LogP contribution is -2.40. The van der Waals surface area contributed by atoms with Crippen LogP contribution in [0.2, 0.25) is 0 Å². The Kier molecular flexibility index (Phi) is 5.22. The maximum absolute atomic E-state index is 3.68. The average Bonchev–Trinajstić information content (AvgIpc) is 2.38. The average molecular weight is 311 g/mol. The smallest absolute Gasteiger partial charge is 0.0220 e. The summed E-state index contributed by atoms with van der Waals surface area (Å²) in [6, 6.07) is 9.05. The third-order valence-corrected chi connectivity index (χ3v) is 4.82. The standard InChI is InChI=1S/C15H23BrN2/c1-12(13-7-9-18(2)10-8-13)17-11-14-5-3-4-6-15(14)16/h3-6,12-13,17H,7-11H2,1-2H3. The van der Waals surface area contributed by atoms with Gasteiger partial charge in [-0.1, -0.05) is 34.1 Å². The van der Waals surface area contributed by atoms with Gasteiger partial charge in [-0.2, -0.15) is 0 Å². The van der Waals surface area contributed by atoms with E-state index in [0.717, 1.165) is 12.5 Å². The molecule has 2 rings (SSSR count). The van der Waals surface area contributed by atoms with E-state index in [4.69, 9.17) is 0 Å². The molecule has 0 aliphatic carbocycles. The normalized spacial score (nSPS) is 19.9. The second-order valence-corrected chi connectivity index (χ2v) is 6.26. The van der Waals surface area contributed by atoms with Crippen molar-refractivity contribution in [2.75, 3.05) is 20.1 Å². The van der Waals surface area contributed by atoms with Gasteiger partial charge in [0.2, 0.25) is 0 Å². The molecule has 1 atom stereocenters. The molecule has 1 aromatic rings. The van der Waals surface area contributed by atoms with Gasteiger partial charge in [-0.15, -0.1) is 0 Å². The molecule has 0 radical (unpaired) electrons. The Hall–Kier alpha value is -0.380. The van der Waals surface area contributed by atoms with E-state index >= 15 is 0 Å². The van der Waals surface area contributed by atoms with Gasteiger partial charge in [0.1, 0.15) is 0 Å². The quantitative estimate of drug-likeness (QED) is 0.918. The molecule has 3 heteroatoms. The third kappa shape index (κ3) is 3.81. The molecule has 1 fully saturated rings. The van der Waals surface area contributed by atoms with Crippen molar-refractivity contribution in [3.05, 3.63) is 34.3 Å².